The van der Waals surface area contributed by atoms with Gasteiger partial charge in [0.05, 0.1) is 11.9 Å². The van der Waals surface area contributed by atoms with Crippen molar-refractivity contribution in [1.29, 1.82) is 0 Å². The lowest BCUT2D eigenvalue weighted by Crippen LogP contribution is -2.28. The average molecular weight is 300 g/mol. The second-order valence-electron chi connectivity index (χ2n) is 5.23. The Balaban J connectivity index is 1.75. The molecule has 114 valence electrons. The molecule has 1 aromatic heterocycles. The number of carbonyl (C=O) groups is 2. The van der Waals surface area contributed by atoms with Gasteiger partial charge in [0.15, 0.2) is 6.61 Å². The van der Waals surface area contributed by atoms with Crippen molar-refractivity contribution in [2.24, 2.45) is 7.05 Å². The van der Waals surface area contributed by atoms with Crippen molar-refractivity contribution in [2.45, 2.75) is 6.54 Å². The van der Waals surface area contributed by atoms with Crippen molar-refractivity contribution in [1.82, 2.24) is 14.7 Å². The van der Waals surface area contributed by atoms with E-state index in [1.165, 1.54) is 0 Å². The molecule has 0 saturated carbocycles. The number of hydrogen-bond acceptors (Lipinski definition) is 4. The van der Waals surface area contributed by atoms with Gasteiger partial charge in [0.1, 0.15) is 5.75 Å². The van der Waals surface area contributed by atoms with Crippen molar-refractivity contribution in [3.63, 3.8) is 0 Å². The molecule has 2 heterocycles. The predicted octanol–water partition coefficient (Wildman–Crippen LogP) is 1.02. The van der Waals surface area contributed by atoms with Crippen LogP contribution < -0.4 is 10.1 Å². The SMILES string of the molecule is CN(Cc1cnn(C)c1)C(=O)c1ccc2c(c1)OCC(=O)N2. The fourth-order valence-corrected chi connectivity index (χ4v) is 2.33. The number of aromatic nitrogens is 2. The lowest BCUT2D eigenvalue weighted by atomic mass is 10.1. The third kappa shape index (κ3) is 2.78. The van der Waals surface area contributed by atoms with E-state index >= 15 is 0 Å². The van der Waals surface area contributed by atoms with Crippen LogP contribution in [0.4, 0.5) is 5.69 Å². The summed E-state index contributed by atoms with van der Waals surface area (Å²) in [6.07, 6.45) is 3.60. The Kier molecular flexibility index (Phi) is 3.54. The van der Waals surface area contributed by atoms with Crippen LogP contribution in [0, 0.1) is 0 Å². The second-order valence-corrected chi connectivity index (χ2v) is 5.23. The number of amides is 2. The summed E-state index contributed by atoms with van der Waals surface area (Å²) >= 11 is 0. The molecule has 3 rings (SSSR count). The van der Waals surface area contributed by atoms with Gasteiger partial charge in [-0.2, -0.15) is 5.10 Å². The van der Waals surface area contributed by atoms with Gasteiger partial charge in [-0.25, -0.2) is 0 Å². The fourth-order valence-electron chi connectivity index (χ4n) is 2.33. The lowest BCUT2D eigenvalue weighted by molar-refractivity contribution is -0.118. The molecule has 1 aromatic carbocycles. The number of ether oxygens (including phenoxy) is 1. The zero-order valence-corrected chi connectivity index (χ0v) is 12.4. The van der Waals surface area contributed by atoms with Crippen LogP contribution in [0.15, 0.2) is 30.6 Å². The van der Waals surface area contributed by atoms with Crippen molar-refractivity contribution in [3.8, 4) is 5.75 Å². The molecule has 2 aromatic rings. The van der Waals surface area contributed by atoms with E-state index in [1.54, 1.807) is 41.0 Å². The molecule has 1 N–H and O–H groups in total. The average Bonchev–Trinajstić information content (AvgIpc) is 2.91. The molecular formula is C15H16N4O3. The van der Waals surface area contributed by atoms with Gasteiger partial charge in [0, 0.05) is 38.0 Å². The summed E-state index contributed by atoms with van der Waals surface area (Å²) in [5.41, 5.74) is 2.06. The molecule has 0 fully saturated rings. The van der Waals surface area contributed by atoms with Crippen molar-refractivity contribution in [3.05, 3.63) is 41.7 Å². The van der Waals surface area contributed by atoms with Crippen LogP contribution in [0.1, 0.15) is 15.9 Å². The smallest absolute Gasteiger partial charge is 0.262 e. The first-order valence-corrected chi connectivity index (χ1v) is 6.82. The number of anilines is 1. The number of nitrogens with one attached hydrogen (secondary N) is 1. The minimum absolute atomic E-state index is 0.0316. The molecule has 0 radical (unpaired) electrons. The summed E-state index contributed by atoms with van der Waals surface area (Å²) < 4.78 is 7.03. The highest BCUT2D eigenvalue weighted by Gasteiger charge is 2.19. The molecule has 1 aliphatic rings. The normalized spacial score (nSPS) is 13.1. The molecule has 0 bridgehead atoms. The van der Waals surface area contributed by atoms with E-state index in [9.17, 15) is 9.59 Å². The number of rotatable bonds is 3. The molecule has 0 unspecified atom stereocenters. The molecule has 7 nitrogen and oxygen atoms in total. The number of hydrogen-bond donors (Lipinski definition) is 1. The third-order valence-electron chi connectivity index (χ3n) is 3.39. The first-order valence-electron chi connectivity index (χ1n) is 6.82. The molecule has 22 heavy (non-hydrogen) atoms. The van der Waals surface area contributed by atoms with Crippen LogP contribution in [0.3, 0.4) is 0 Å². The van der Waals surface area contributed by atoms with Gasteiger partial charge in [-0.15, -0.1) is 0 Å². The Morgan fingerprint density at radius 2 is 2.32 bits per heavy atom. The minimum Gasteiger partial charge on any atom is -0.482 e. The van der Waals surface area contributed by atoms with Crippen LogP contribution >= 0.6 is 0 Å². The quantitative estimate of drug-likeness (QED) is 0.918. The number of carbonyl (C=O) groups excluding carboxylic acids is 2. The third-order valence-corrected chi connectivity index (χ3v) is 3.39. The first-order chi connectivity index (χ1) is 10.5. The van der Waals surface area contributed by atoms with E-state index in [4.69, 9.17) is 4.74 Å². The van der Waals surface area contributed by atoms with Crippen LogP contribution in [0.25, 0.3) is 0 Å². The molecule has 0 spiro atoms. The fraction of sp³-hybridized carbons (Fsp3) is 0.267. The monoisotopic (exact) mass is 300 g/mol. The molecule has 7 heteroatoms. The summed E-state index contributed by atoms with van der Waals surface area (Å²) in [6, 6.07) is 5.00. The molecule has 0 saturated heterocycles. The standard InChI is InChI=1S/C15H16N4O3/c1-18(7-10-6-16-19(2)8-10)15(21)11-3-4-12-13(5-11)22-9-14(20)17-12/h3-6,8H,7,9H2,1-2H3,(H,17,20). The van der Waals surface area contributed by atoms with E-state index < -0.39 is 0 Å². The lowest BCUT2D eigenvalue weighted by Gasteiger charge is -2.20. The van der Waals surface area contributed by atoms with Crippen LogP contribution in [-0.4, -0.2) is 40.1 Å². The van der Waals surface area contributed by atoms with Crippen LogP contribution in [-0.2, 0) is 18.4 Å². The van der Waals surface area contributed by atoms with Crippen LogP contribution in [0.5, 0.6) is 5.75 Å². The van der Waals surface area contributed by atoms with Crippen molar-refractivity contribution >= 4 is 17.5 Å². The summed E-state index contributed by atoms with van der Waals surface area (Å²) in [5.74, 6) is 0.202. The summed E-state index contributed by atoms with van der Waals surface area (Å²) in [4.78, 5) is 25.3. The van der Waals surface area contributed by atoms with E-state index in [2.05, 4.69) is 10.4 Å². The highest BCUT2D eigenvalue weighted by atomic mass is 16.5. The number of benzene rings is 1. The Morgan fingerprint density at radius 1 is 1.50 bits per heavy atom. The zero-order chi connectivity index (χ0) is 15.7. The first kappa shape index (κ1) is 14.1. The maximum Gasteiger partial charge on any atom is 0.262 e. The summed E-state index contributed by atoms with van der Waals surface area (Å²) in [6.45, 7) is 0.442. The molecular weight excluding hydrogens is 284 g/mol. The number of nitrogens with zero attached hydrogens (tertiary/aromatic N) is 3. The maximum absolute atomic E-state index is 12.5. The summed E-state index contributed by atoms with van der Waals surface area (Å²) in [7, 11) is 3.57. The van der Waals surface area contributed by atoms with Gasteiger partial charge in [-0.05, 0) is 18.2 Å². The van der Waals surface area contributed by atoms with E-state index in [-0.39, 0.29) is 18.4 Å². The molecule has 0 aliphatic carbocycles. The topological polar surface area (TPSA) is 76.5 Å². The van der Waals surface area contributed by atoms with Gasteiger partial charge in [0.2, 0.25) is 0 Å². The minimum atomic E-state index is -0.194. The van der Waals surface area contributed by atoms with E-state index in [0.29, 0.717) is 23.5 Å². The Labute approximate surface area is 127 Å². The van der Waals surface area contributed by atoms with E-state index in [1.807, 2.05) is 13.2 Å². The molecule has 2 amide bonds. The number of fused-ring (bicyclic) bond motifs is 1. The predicted molar refractivity (Wildman–Crippen MR) is 79.6 cm³/mol. The van der Waals surface area contributed by atoms with Gasteiger partial charge < -0.3 is 15.0 Å². The molecule has 0 atom stereocenters. The largest absolute Gasteiger partial charge is 0.482 e. The molecule has 1 aliphatic heterocycles. The highest BCUT2D eigenvalue weighted by molar-refractivity contribution is 5.98. The van der Waals surface area contributed by atoms with Gasteiger partial charge in [0.25, 0.3) is 11.8 Å². The van der Waals surface area contributed by atoms with Crippen LogP contribution in [0.2, 0.25) is 0 Å². The number of aryl methyl sites for hydroxylation is 1. The van der Waals surface area contributed by atoms with Gasteiger partial charge in [-0.1, -0.05) is 0 Å². The van der Waals surface area contributed by atoms with Gasteiger partial charge >= 0.3 is 0 Å². The Morgan fingerprint density at radius 3 is 3.05 bits per heavy atom. The zero-order valence-electron chi connectivity index (χ0n) is 12.4. The van der Waals surface area contributed by atoms with E-state index in [0.717, 1.165) is 5.56 Å². The van der Waals surface area contributed by atoms with Crippen molar-refractivity contribution in [2.75, 3.05) is 19.0 Å². The Bertz CT molecular complexity index is 738. The highest BCUT2D eigenvalue weighted by Crippen LogP contribution is 2.29. The maximum atomic E-state index is 12.5. The summed E-state index contributed by atoms with van der Waals surface area (Å²) in [5, 5.41) is 6.78. The Hall–Kier alpha value is -2.83. The van der Waals surface area contributed by atoms with Crippen molar-refractivity contribution < 1.29 is 14.3 Å². The van der Waals surface area contributed by atoms with Gasteiger partial charge in [-0.3, -0.25) is 14.3 Å². The second kappa shape index (κ2) is 5.51.